The number of nitrogens with one attached hydrogen (secondary N) is 1. The topological polar surface area (TPSA) is 86.8 Å². The van der Waals surface area contributed by atoms with Gasteiger partial charge in [0.15, 0.2) is 0 Å². The minimum atomic E-state index is -4.12. The molecule has 4 rings (SSSR count). The third kappa shape index (κ3) is 8.55. The second-order valence-electron chi connectivity index (χ2n) is 10.3. The third-order valence-corrected chi connectivity index (χ3v) is 9.30. The molecule has 4 aromatic carbocycles. The van der Waals surface area contributed by atoms with Gasteiger partial charge in [-0.2, -0.15) is 0 Å². The van der Waals surface area contributed by atoms with Crippen molar-refractivity contribution < 1.29 is 18.0 Å². The van der Waals surface area contributed by atoms with Gasteiger partial charge in [-0.25, -0.2) is 8.42 Å². The summed E-state index contributed by atoms with van der Waals surface area (Å²) in [6.45, 7) is 3.93. The van der Waals surface area contributed by atoms with Crippen LogP contribution < -0.4 is 9.62 Å². The van der Waals surface area contributed by atoms with E-state index in [1.54, 1.807) is 36.4 Å². The molecule has 0 aromatic heterocycles. The van der Waals surface area contributed by atoms with E-state index < -0.39 is 28.5 Å². The highest BCUT2D eigenvalue weighted by Gasteiger charge is 2.34. The number of aryl methyl sites for hydroxylation is 1. The average Bonchev–Trinajstić information content (AvgIpc) is 3.02. The van der Waals surface area contributed by atoms with Crippen LogP contribution in [0.25, 0.3) is 0 Å². The lowest BCUT2D eigenvalue weighted by Gasteiger charge is -2.34. The highest BCUT2D eigenvalue weighted by Crippen LogP contribution is 2.26. The van der Waals surface area contributed by atoms with Crippen molar-refractivity contribution in [3.05, 3.63) is 130 Å². The fraction of sp³-hybridized carbons (Fsp3) is 0.235. The lowest BCUT2D eigenvalue weighted by Crippen LogP contribution is -2.53. The van der Waals surface area contributed by atoms with Gasteiger partial charge in [0, 0.05) is 24.0 Å². The molecule has 1 N–H and O–H groups in total. The summed E-state index contributed by atoms with van der Waals surface area (Å²) < 4.78 is 30.0. The molecular formula is C34H36BrN3O4S. The van der Waals surface area contributed by atoms with Gasteiger partial charge in [0.2, 0.25) is 11.8 Å². The highest BCUT2D eigenvalue weighted by atomic mass is 79.9. The molecule has 0 bridgehead atoms. The van der Waals surface area contributed by atoms with E-state index in [1.807, 2.05) is 74.5 Å². The van der Waals surface area contributed by atoms with Crippen LogP contribution in [0.2, 0.25) is 0 Å². The monoisotopic (exact) mass is 661 g/mol. The summed E-state index contributed by atoms with van der Waals surface area (Å²) in [5.74, 6) is -0.777. The number of carbonyl (C=O) groups excluding carboxylic acids is 2. The first kappa shape index (κ1) is 32.0. The number of sulfonamides is 1. The van der Waals surface area contributed by atoms with Crippen molar-refractivity contribution >= 4 is 43.5 Å². The summed E-state index contributed by atoms with van der Waals surface area (Å²) in [5.41, 5.74) is 2.92. The summed E-state index contributed by atoms with van der Waals surface area (Å²) >= 11 is 3.46. The highest BCUT2D eigenvalue weighted by molar-refractivity contribution is 9.10. The van der Waals surface area contributed by atoms with Gasteiger partial charge in [0.05, 0.1) is 10.6 Å². The van der Waals surface area contributed by atoms with Crippen LogP contribution in [-0.2, 0) is 32.6 Å². The Morgan fingerprint density at radius 1 is 0.837 bits per heavy atom. The van der Waals surface area contributed by atoms with Crippen molar-refractivity contribution in [2.24, 2.45) is 0 Å². The number of hydrogen-bond acceptors (Lipinski definition) is 4. The van der Waals surface area contributed by atoms with Crippen molar-refractivity contribution in [3.8, 4) is 0 Å². The molecule has 9 heteroatoms. The van der Waals surface area contributed by atoms with E-state index in [0.29, 0.717) is 12.2 Å². The Labute approximate surface area is 262 Å². The molecule has 43 heavy (non-hydrogen) atoms. The average molecular weight is 663 g/mol. The van der Waals surface area contributed by atoms with Crippen molar-refractivity contribution in [1.82, 2.24) is 10.2 Å². The maximum Gasteiger partial charge on any atom is 0.264 e. The molecule has 224 valence electrons. The van der Waals surface area contributed by atoms with E-state index in [-0.39, 0.29) is 23.8 Å². The first-order valence-electron chi connectivity index (χ1n) is 14.2. The number of rotatable bonds is 13. The van der Waals surface area contributed by atoms with E-state index in [9.17, 15) is 18.0 Å². The van der Waals surface area contributed by atoms with E-state index >= 15 is 0 Å². The minimum Gasteiger partial charge on any atom is -0.354 e. The summed E-state index contributed by atoms with van der Waals surface area (Å²) in [6, 6.07) is 31.3. The van der Waals surface area contributed by atoms with Gasteiger partial charge in [-0.05, 0) is 66.4 Å². The van der Waals surface area contributed by atoms with E-state index in [2.05, 4.69) is 21.2 Å². The fourth-order valence-corrected chi connectivity index (χ4v) is 6.43. The van der Waals surface area contributed by atoms with Crippen molar-refractivity contribution in [2.45, 2.75) is 44.2 Å². The second kappa shape index (κ2) is 15.0. The minimum absolute atomic E-state index is 0.0743. The Balaban J connectivity index is 1.78. The van der Waals surface area contributed by atoms with Crippen LogP contribution in [0.4, 0.5) is 5.69 Å². The molecule has 0 spiro atoms. The lowest BCUT2D eigenvalue weighted by atomic mass is 10.0. The SMILES string of the molecule is CCCNC(=O)[C@@H](Cc1ccccc1)N(Cc1ccc(Br)cc1)C(=O)CN(c1cccc(C)c1)S(=O)(=O)c1ccccc1. The molecule has 0 aliphatic heterocycles. The number of nitrogens with zero attached hydrogens (tertiary/aromatic N) is 2. The summed E-state index contributed by atoms with van der Waals surface area (Å²) in [5, 5.41) is 2.96. The van der Waals surface area contributed by atoms with E-state index in [0.717, 1.165) is 31.9 Å². The van der Waals surface area contributed by atoms with Crippen LogP contribution >= 0.6 is 15.9 Å². The first-order valence-corrected chi connectivity index (χ1v) is 16.4. The maximum atomic E-state index is 14.4. The van der Waals surface area contributed by atoms with Gasteiger partial charge in [-0.3, -0.25) is 13.9 Å². The van der Waals surface area contributed by atoms with Crippen molar-refractivity contribution in [2.75, 3.05) is 17.4 Å². The molecule has 0 unspecified atom stereocenters. The molecule has 4 aromatic rings. The lowest BCUT2D eigenvalue weighted by molar-refractivity contribution is -0.140. The molecule has 7 nitrogen and oxygen atoms in total. The molecule has 0 heterocycles. The molecular weight excluding hydrogens is 626 g/mol. The fourth-order valence-electron chi connectivity index (χ4n) is 4.74. The molecule has 0 fully saturated rings. The Bertz CT molecular complexity index is 1610. The Hall–Kier alpha value is -3.95. The number of halogens is 1. The zero-order valence-corrected chi connectivity index (χ0v) is 26.7. The first-order chi connectivity index (χ1) is 20.7. The van der Waals surface area contributed by atoms with Crippen LogP contribution in [0.1, 0.15) is 30.0 Å². The van der Waals surface area contributed by atoms with Crippen molar-refractivity contribution in [1.29, 1.82) is 0 Å². The van der Waals surface area contributed by atoms with Gasteiger partial charge in [-0.15, -0.1) is 0 Å². The van der Waals surface area contributed by atoms with Gasteiger partial charge in [-0.1, -0.05) is 95.7 Å². The predicted molar refractivity (Wildman–Crippen MR) is 174 cm³/mol. The third-order valence-electron chi connectivity index (χ3n) is 6.99. The van der Waals surface area contributed by atoms with Gasteiger partial charge < -0.3 is 10.2 Å². The number of amides is 2. The number of carbonyl (C=O) groups is 2. The Morgan fingerprint density at radius 3 is 2.12 bits per heavy atom. The zero-order valence-electron chi connectivity index (χ0n) is 24.3. The van der Waals surface area contributed by atoms with Gasteiger partial charge >= 0.3 is 0 Å². The summed E-state index contributed by atoms with van der Waals surface area (Å²) in [7, 11) is -4.12. The summed E-state index contributed by atoms with van der Waals surface area (Å²) in [6.07, 6.45) is 1.01. The second-order valence-corrected chi connectivity index (χ2v) is 13.1. The normalized spacial score (nSPS) is 11.9. The Kier molecular flexibility index (Phi) is 11.1. The molecule has 1 atom stereocenters. The predicted octanol–water partition coefficient (Wildman–Crippen LogP) is 6.12. The zero-order chi connectivity index (χ0) is 30.8. The summed E-state index contributed by atoms with van der Waals surface area (Å²) in [4.78, 5) is 29.7. The number of hydrogen-bond donors (Lipinski definition) is 1. The standard InChI is InChI=1S/C34H36BrN3O4S/c1-3-21-36-34(40)32(23-27-12-6-4-7-13-27)37(24-28-17-19-29(35)20-18-28)33(39)25-38(30-14-10-11-26(2)22-30)43(41,42)31-15-8-5-9-16-31/h4-20,22,32H,3,21,23-25H2,1-2H3,(H,36,40)/t32-/m1/s1. The molecule has 0 aliphatic carbocycles. The van der Waals surface area contributed by atoms with Gasteiger partial charge in [0.1, 0.15) is 12.6 Å². The van der Waals surface area contributed by atoms with Gasteiger partial charge in [0.25, 0.3) is 10.0 Å². The molecule has 2 amide bonds. The van der Waals surface area contributed by atoms with Crippen molar-refractivity contribution in [3.63, 3.8) is 0 Å². The molecule has 0 radical (unpaired) electrons. The molecule has 0 saturated heterocycles. The number of anilines is 1. The van der Waals surface area contributed by atoms with Crippen LogP contribution in [-0.4, -0.2) is 44.3 Å². The van der Waals surface area contributed by atoms with Crippen LogP contribution in [0.5, 0.6) is 0 Å². The quantitative estimate of drug-likeness (QED) is 0.187. The van der Waals surface area contributed by atoms with E-state index in [1.165, 1.54) is 17.0 Å². The van der Waals surface area contributed by atoms with Crippen LogP contribution in [0.3, 0.4) is 0 Å². The van der Waals surface area contributed by atoms with Crippen LogP contribution in [0.15, 0.2) is 119 Å². The Morgan fingerprint density at radius 2 is 1.49 bits per heavy atom. The largest absolute Gasteiger partial charge is 0.354 e. The molecule has 0 aliphatic rings. The van der Waals surface area contributed by atoms with Crippen LogP contribution in [0, 0.1) is 6.92 Å². The van der Waals surface area contributed by atoms with E-state index in [4.69, 9.17) is 0 Å². The molecule has 0 saturated carbocycles. The maximum absolute atomic E-state index is 14.4. The number of benzene rings is 4. The smallest absolute Gasteiger partial charge is 0.264 e.